The Bertz CT molecular complexity index is 166. The van der Waals surface area contributed by atoms with Crippen molar-refractivity contribution in [1.82, 2.24) is 0 Å². The van der Waals surface area contributed by atoms with Gasteiger partial charge in [0.2, 0.25) is 0 Å². The molecule has 0 unspecified atom stereocenters. The minimum atomic E-state index is -0.812. The molecule has 0 aromatic heterocycles. The summed E-state index contributed by atoms with van der Waals surface area (Å²) in [5, 5.41) is 0. The first kappa shape index (κ1) is 7.19. The van der Waals surface area contributed by atoms with Gasteiger partial charge in [0.05, 0.1) is 5.75 Å². The molecule has 0 amide bonds. The lowest BCUT2D eigenvalue weighted by molar-refractivity contribution is 0.610. The van der Waals surface area contributed by atoms with E-state index in [2.05, 4.69) is 0 Å². The molecule has 0 saturated heterocycles. The quantitative estimate of drug-likeness (QED) is 0.588. The lowest BCUT2D eigenvalue weighted by Crippen LogP contribution is -1.91. The van der Waals surface area contributed by atoms with E-state index < -0.39 is 19.7 Å². The average molecular weight is 153 g/mol. The van der Waals surface area contributed by atoms with Crippen molar-refractivity contribution in [3.63, 3.8) is 0 Å². The van der Waals surface area contributed by atoms with Gasteiger partial charge in [-0.1, -0.05) is 18.2 Å². The zero-order valence-electron chi connectivity index (χ0n) is 4.88. The van der Waals surface area contributed by atoms with Crippen LogP contribution in [0.4, 0.5) is 0 Å². The fourth-order valence-corrected chi connectivity index (χ4v) is 1.28. The molecule has 0 aliphatic rings. The number of hydrogen-bond acceptors (Lipinski definition) is 1. The first-order valence-corrected chi connectivity index (χ1v) is 5.39. The van der Waals surface area contributed by atoms with Crippen molar-refractivity contribution < 1.29 is 3.17 Å². The Morgan fingerprint density at radius 2 is 1.89 bits per heavy atom. The highest BCUT2D eigenvalue weighted by Crippen LogP contribution is 2.06. The first-order chi connectivity index (χ1) is 4.43. The van der Waals surface area contributed by atoms with E-state index >= 15 is 0 Å². The standard InChI is InChI=1S/C6H6O.ClH.Mg/c7-6-4-2-1-3-5-6;;/h1-5,7H;1H;/q;;+2/p-2. The van der Waals surface area contributed by atoms with Crippen molar-refractivity contribution in [2.24, 2.45) is 0 Å². The van der Waals surface area contributed by atoms with Gasteiger partial charge in [-0.3, -0.25) is 9.07 Å². The molecule has 0 spiro atoms. The van der Waals surface area contributed by atoms with Gasteiger partial charge in [0, 0.05) is 0 Å². The molecular formula is C6H5ClMgO. The second-order valence-electron chi connectivity index (χ2n) is 1.57. The van der Waals surface area contributed by atoms with E-state index in [9.17, 15) is 0 Å². The normalized spacial score (nSPS) is 8.11. The number of benzene rings is 1. The van der Waals surface area contributed by atoms with Crippen molar-refractivity contribution in [1.29, 1.82) is 0 Å². The van der Waals surface area contributed by atoms with Gasteiger partial charge in [0.15, 0.2) is 0 Å². The van der Waals surface area contributed by atoms with E-state index in [1.165, 1.54) is 0 Å². The largest absolute Gasteiger partial charge is 0.795 e. The summed E-state index contributed by atoms with van der Waals surface area (Å²) in [6.45, 7) is 0. The second-order valence-corrected chi connectivity index (χ2v) is 2.73. The second kappa shape index (κ2) is 3.98. The third-order valence-electron chi connectivity index (χ3n) is 0.964. The topological polar surface area (TPSA) is 9.23 Å². The van der Waals surface area contributed by atoms with E-state index in [-0.39, 0.29) is 0 Å². The highest BCUT2D eigenvalue weighted by Gasteiger charge is 1.92. The highest BCUT2D eigenvalue weighted by atomic mass is 35.5. The van der Waals surface area contributed by atoms with Crippen LogP contribution in [0.15, 0.2) is 30.3 Å². The summed E-state index contributed by atoms with van der Waals surface area (Å²) >= 11 is -0.812. The SMILES string of the molecule is [Cl][Mg][O]c1ccccc1. The molecule has 3 heteroatoms. The smallest absolute Gasteiger partial charge is 0.687 e. The summed E-state index contributed by atoms with van der Waals surface area (Å²) in [6, 6.07) is 9.60. The zero-order valence-corrected chi connectivity index (χ0v) is 7.05. The molecule has 0 radical (unpaired) electrons. The van der Waals surface area contributed by atoms with Crippen LogP contribution in [-0.2, 0) is 0 Å². The monoisotopic (exact) mass is 152 g/mol. The lowest BCUT2D eigenvalue weighted by atomic mass is 10.3. The number of para-hydroxylation sites is 1. The van der Waals surface area contributed by atoms with Gasteiger partial charge in [-0.15, -0.1) is 0 Å². The van der Waals surface area contributed by atoms with Crippen LogP contribution in [0.2, 0.25) is 0 Å². The molecule has 0 fully saturated rings. The molecule has 0 atom stereocenters. The van der Waals surface area contributed by atoms with Crippen LogP contribution in [0.5, 0.6) is 5.75 Å². The molecule has 0 saturated carbocycles. The van der Waals surface area contributed by atoms with Crippen molar-refractivity contribution in [3.8, 4) is 5.75 Å². The molecule has 1 aromatic rings. The minimum Gasteiger partial charge on any atom is -0.687 e. The van der Waals surface area contributed by atoms with Gasteiger partial charge in [-0.25, -0.2) is 0 Å². The Balaban J connectivity index is 2.61. The minimum absolute atomic E-state index is 0.812. The Kier molecular flexibility index (Phi) is 3.18. The molecule has 1 nitrogen and oxygen atoms in total. The summed E-state index contributed by atoms with van der Waals surface area (Å²) in [5.41, 5.74) is 0. The Morgan fingerprint density at radius 3 is 2.44 bits per heavy atom. The maximum absolute atomic E-state index is 5.45. The van der Waals surface area contributed by atoms with Gasteiger partial charge in [0.25, 0.3) is 0 Å². The van der Waals surface area contributed by atoms with Crippen molar-refractivity contribution in [3.05, 3.63) is 30.3 Å². The summed E-state index contributed by atoms with van der Waals surface area (Å²) in [4.78, 5) is 0. The van der Waals surface area contributed by atoms with E-state index in [0.717, 1.165) is 5.75 Å². The first-order valence-electron chi connectivity index (χ1n) is 2.67. The van der Waals surface area contributed by atoms with E-state index in [0.29, 0.717) is 0 Å². The van der Waals surface area contributed by atoms with E-state index in [4.69, 9.17) is 12.2 Å². The number of halogens is 1. The fourth-order valence-electron chi connectivity index (χ4n) is 0.580. The van der Waals surface area contributed by atoms with Crippen LogP contribution in [-0.4, -0.2) is 19.7 Å². The predicted molar refractivity (Wildman–Crippen MR) is 38.7 cm³/mol. The maximum atomic E-state index is 5.45. The van der Waals surface area contributed by atoms with E-state index in [1.807, 2.05) is 30.3 Å². The predicted octanol–water partition coefficient (Wildman–Crippen LogP) is 1.84. The summed E-state index contributed by atoms with van der Waals surface area (Å²) in [7, 11) is 5.45. The van der Waals surface area contributed by atoms with Crippen molar-refractivity contribution in [2.45, 2.75) is 0 Å². The average Bonchev–Trinajstić information content (AvgIpc) is 1.91. The molecular weight excluding hydrogens is 148 g/mol. The zero-order chi connectivity index (χ0) is 6.53. The molecule has 0 aliphatic heterocycles. The number of rotatable bonds is 2. The van der Waals surface area contributed by atoms with Crippen LogP contribution in [0.1, 0.15) is 0 Å². The van der Waals surface area contributed by atoms with Crippen LogP contribution >= 0.6 is 9.07 Å². The highest BCUT2D eigenvalue weighted by molar-refractivity contribution is 6.90. The van der Waals surface area contributed by atoms with Crippen LogP contribution < -0.4 is 3.17 Å². The molecule has 0 N–H and O–H groups in total. The molecule has 0 bridgehead atoms. The van der Waals surface area contributed by atoms with Gasteiger partial charge in [0.1, 0.15) is 0 Å². The molecule has 44 valence electrons. The van der Waals surface area contributed by atoms with Crippen molar-refractivity contribution in [2.75, 3.05) is 0 Å². The van der Waals surface area contributed by atoms with Crippen molar-refractivity contribution >= 4 is 28.7 Å². The van der Waals surface area contributed by atoms with Crippen LogP contribution in [0.25, 0.3) is 0 Å². The molecule has 9 heavy (non-hydrogen) atoms. The Labute approximate surface area is 68.0 Å². The maximum Gasteiger partial charge on any atom is 0.795 e. The Morgan fingerprint density at radius 1 is 1.22 bits per heavy atom. The summed E-state index contributed by atoms with van der Waals surface area (Å²) in [6.07, 6.45) is 0. The molecule has 1 aromatic carbocycles. The molecule has 1 rings (SSSR count). The van der Waals surface area contributed by atoms with E-state index in [1.54, 1.807) is 0 Å². The van der Waals surface area contributed by atoms with Gasteiger partial charge >= 0.3 is 19.7 Å². The van der Waals surface area contributed by atoms with Gasteiger partial charge in [-0.2, -0.15) is 0 Å². The van der Waals surface area contributed by atoms with Crippen LogP contribution in [0, 0.1) is 0 Å². The lowest BCUT2D eigenvalue weighted by Gasteiger charge is -2.00. The number of hydrogen-bond donors (Lipinski definition) is 0. The fraction of sp³-hybridized carbons (Fsp3) is 0. The summed E-state index contributed by atoms with van der Waals surface area (Å²) in [5.74, 6) is 0.874. The van der Waals surface area contributed by atoms with Gasteiger partial charge in [-0.05, 0) is 12.1 Å². The summed E-state index contributed by atoms with van der Waals surface area (Å²) < 4.78 is 5.11. The van der Waals surface area contributed by atoms with Gasteiger partial charge < -0.3 is 3.17 Å². The Hall–Kier alpha value is 0.0762. The molecule has 0 aliphatic carbocycles. The third kappa shape index (κ3) is 2.43. The molecule has 0 heterocycles. The third-order valence-corrected chi connectivity index (χ3v) is 1.73. The van der Waals surface area contributed by atoms with Crippen LogP contribution in [0.3, 0.4) is 0 Å².